The molecule has 0 radical (unpaired) electrons. The van der Waals surface area contributed by atoms with Crippen molar-refractivity contribution in [2.75, 3.05) is 24.1 Å². The first-order valence-corrected chi connectivity index (χ1v) is 7.76. The van der Waals surface area contributed by atoms with E-state index in [1.54, 1.807) is 18.2 Å². The van der Waals surface area contributed by atoms with Gasteiger partial charge in [-0.05, 0) is 38.0 Å². The fraction of sp³-hybridized carbons (Fsp3) is 0.562. The fourth-order valence-corrected chi connectivity index (χ4v) is 2.32. The molecule has 0 spiro atoms. The normalized spacial score (nSPS) is 11.4. The molecular weight excluding hydrogens is 286 g/mol. The molecule has 1 aromatic carbocycles. The van der Waals surface area contributed by atoms with E-state index in [0.717, 1.165) is 13.1 Å². The molecule has 0 aliphatic rings. The molecular formula is C16H26ClN3O. The van der Waals surface area contributed by atoms with Crippen LogP contribution in [0.25, 0.3) is 0 Å². The number of nitrogens with two attached hydrogens (primary N) is 1. The maximum absolute atomic E-state index is 12.0. The van der Waals surface area contributed by atoms with Crippen LogP contribution in [-0.4, -0.2) is 29.9 Å². The Morgan fingerprint density at radius 3 is 2.52 bits per heavy atom. The number of anilines is 2. The van der Waals surface area contributed by atoms with Crippen LogP contribution in [0.5, 0.6) is 0 Å². The van der Waals surface area contributed by atoms with E-state index in [1.807, 2.05) is 0 Å². The Balaban J connectivity index is 2.53. The number of hydrogen-bond acceptors (Lipinski definition) is 3. The van der Waals surface area contributed by atoms with Crippen molar-refractivity contribution in [3.63, 3.8) is 0 Å². The zero-order chi connectivity index (χ0) is 16.0. The molecule has 0 saturated heterocycles. The third-order valence-electron chi connectivity index (χ3n) is 3.24. The molecule has 3 N–H and O–H groups in total. The monoisotopic (exact) mass is 311 g/mol. The molecule has 0 aromatic heterocycles. The minimum atomic E-state index is -0.0292. The van der Waals surface area contributed by atoms with Gasteiger partial charge in [-0.3, -0.25) is 4.79 Å². The van der Waals surface area contributed by atoms with Gasteiger partial charge in [0.15, 0.2) is 0 Å². The number of rotatable bonds is 7. The van der Waals surface area contributed by atoms with Crippen LogP contribution in [0.3, 0.4) is 0 Å². The molecule has 0 heterocycles. The van der Waals surface area contributed by atoms with Gasteiger partial charge in [0.1, 0.15) is 0 Å². The van der Waals surface area contributed by atoms with Gasteiger partial charge in [-0.25, -0.2) is 0 Å². The van der Waals surface area contributed by atoms with Crippen LogP contribution in [0.15, 0.2) is 18.2 Å². The SMILES string of the molecule is CC(C)CN(CCC(=O)Nc1ccc(Cl)cc1N)C(C)C. The lowest BCUT2D eigenvalue weighted by Crippen LogP contribution is -2.36. The van der Waals surface area contributed by atoms with Crippen LogP contribution >= 0.6 is 11.6 Å². The minimum absolute atomic E-state index is 0.0292. The quantitative estimate of drug-likeness (QED) is 0.756. The number of carbonyl (C=O) groups is 1. The molecule has 1 amide bonds. The topological polar surface area (TPSA) is 58.4 Å². The number of amides is 1. The predicted molar refractivity (Wildman–Crippen MR) is 90.7 cm³/mol. The molecule has 4 nitrogen and oxygen atoms in total. The number of nitrogen functional groups attached to an aromatic ring is 1. The summed E-state index contributed by atoms with van der Waals surface area (Å²) < 4.78 is 0. The number of nitrogens with one attached hydrogen (secondary N) is 1. The van der Waals surface area contributed by atoms with Crippen molar-refractivity contribution in [1.29, 1.82) is 0 Å². The van der Waals surface area contributed by atoms with Crippen molar-refractivity contribution in [2.45, 2.75) is 40.2 Å². The third-order valence-corrected chi connectivity index (χ3v) is 3.48. The highest BCUT2D eigenvalue weighted by atomic mass is 35.5. The van der Waals surface area contributed by atoms with Crippen LogP contribution in [0.2, 0.25) is 5.02 Å². The summed E-state index contributed by atoms with van der Waals surface area (Å²) in [6.07, 6.45) is 0.451. The number of hydrogen-bond donors (Lipinski definition) is 2. The summed E-state index contributed by atoms with van der Waals surface area (Å²) in [7, 11) is 0. The molecule has 0 aliphatic heterocycles. The van der Waals surface area contributed by atoms with E-state index in [1.165, 1.54) is 0 Å². The first kappa shape index (κ1) is 17.8. The summed E-state index contributed by atoms with van der Waals surface area (Å²) in [5.74, 6) is 0.556. The minimum Gasteiger partial charge on any atom is -0.397 e. The summed E-state index contributed by atoms with van der Waals surface area (Å²) in [6, 6.07) is 5.51. The first-order chi connectivity index (χ1) is 9.79. The number of halogens is 1. The van der Waals surface area contributed by atoms with Gasteiger partial charge in [0.25, 0.3) is 0 Å². The van der Waals surface area contributed by atoms with Gasteiger partial charge >= 0.3 is 0 Å². The Kier molecular flexibility index (Phi) is 6.99. The van der Waals surface area contributed by atoms with Crippen molar-refractivity contribution in [1.82, 2.24) is 4.90 Å². The van der Waals surface area contributed by atoms with Gasteiger partial charge in [-0.15, -0.1) is 0 Å². The Labute approximate surface area is 132 Å². The van der Waals surface area contributed by atoms with E-state index < -0.39 is 0 Å². The molecule has 118 valence electrons. The second-order valence-electron chi connectivity index (χ2n) is 6.01. The number of carbonyl (C=O) groups excluding carboxylic acids is 1. The average molecular weight is 312 g/mol. The maximum Gasteiger partial charge on any atom is 0.225 e. The van der Waals surface area contributed by atoms with Gasteiger partial charge in [-0.2, -0.15) is 0 Å². The lowest BCUT2D eigenvalue weighted by Gasteiger charge is -2.27. The smallest absolute Gasteiger partial charge is 0.225 e. The summed E-state index contributed by atoms with van der Waals surface area (Å²) in [5, 5.41) is 3.40. The number of benzene rings is 1. The molecule has 0 fully saturated rings. The van der Waals surface area contributed by atoms with Crippen LogP contribution in [0.4, 0.5) is 11.4 Å². The van der Waals surface area contributed by atoms with E-state index >= 15 is 0 Å². The summed E-state index contributed by atoms with van der Waals surface area (Å²) in [5.41, 5.74) is 6.93. The van der Waals surface area contributed by atoms with Gasteiger partial charge in [0.05, 0.1) is 11.4 Å². The van der Waals surface area contributed by atoms with Crippen LogP contribution in [-0.2, 0) is 4.79 Å². The fourth-order valence-electron chi connectivity index (χ4n) is 2.13. The van der Waals surface area contributed by atoms with Gasteiger partial charge in [0.2, 0.25) is 5.91 Å². The standard InChI is InChI=1S/C16H26ClN3O/c1-11(2)10-20(12(3)4)8-7-16(21)19-15-6-5-13(17)9-14(15)18/h5-6,9,11-12H,7-8,10,18H2,1-4H3,(H,19,21). The second kappa shape index (κ2) is 8.25. The van der Waals surface area contributed by atoms with Crippen molar-refractivity contribution < 1.29 is 4.79 Å². The Morgan fingerprint density at radius 1 is 1.33 bits per heavy atom. The molecule has 0 unspecified atom stereocenters. The summed E-state index contributed by atoms with van der Waals surface area (Å²) in [4.78, 5) is 14.4. The van der Waals surface area contributed by atoms with Crippen LogP contribution < -0.4 is 11.1 Å². The van der Waals surface area contributed by atoms with Gasteiger partial charge < -0.3 is 16.0 Å². The molecule has 0 aliphatic carbocycles. The average Bonchev–Trinajstić information content (AvgIpc) is 2.37. The summed E-state index contributed by atoms with van der Waals surface area (Å²) in [6.45, 7) is 10.4. The van der Waals surface area contributed by atoms with Crippen molar-refractivity contribution >= 4 is 28.9 Å². The highest BCUT2D eigenvalue weighted by Gasteiger charge is 2.13. The Bertz CT molecular complexity index is 475. The Hall–Kier alpha value is -1.26. The lowest BCUT2D eigenvalue weighted by molar-refractivity contribution is -0.116. The Morgan fingerprint density at radius 2 is 2.00 bits per heavy atom. The zero-order valence-electron chi connectivity index (χ0n) is 13.3. The highest BCUT2D eigenvalue weighted by molar-refractivity contribution is 6.31. The van der Waals surface area contributed by atoms with Gasteiger partial charge in [-0.1, -0.05) is 25.4 Å². The second-order valence-corrected chi connectivity index (χ2v) is 6.45. The molecule has 1 aromatic rings. The molecule has 0 saturated carbocycles. The van der Waals surface area contributed by atoms with E-state index in [-0.39, 0.29) is 5.91 Å². The molecule has 5 heteroatoms. The van der Waals surface area contributed by atoms with E-state index in [2.05, 4.69) is 37.9 Å². The van der Waals surface area contributed by atoms with Crippen LogP contribution in [0, 0.1) is 5.92 Å². The zero-order valence-corrected chi connectivity index (χ0v) is 14.1. The highest BCUT2D eigenvalue weighted by Crippen LogP contribution is 2.22. The molecule has 21 heavy (non-hydrogen) atoms. The first-order valence-electron chi connectivity index (χ1n) is 7.38. The molecule has 0 atom stereocenters. The predicted octanol–water partition coefficient (Wildman–Crippen LogP) is 3.62. The third kappa shape index (κ3) is 6.36. The van der Waals surface area contributed by atoms with Crippen molar-refractivity contribution in [3.05, 3.63) is 23.2 Å². The van der Waals surface area contributed by atoms with Crippen molar-refractivity contribution in [2.24, 2.45) is 5.92 Å². The van der Waals surface area contributed by atoms with Crippen molar-refractivity contribution in [3.8, 4) is 0 Å². The number of nitrogens with zero attached hydrogens (tertiary/aromatic N) is 1. The van der Waals surface area contributed by atoms with Gasteiger partial charge in [0, 0.05) is 30.6 Å². The molecule has 1 rings (SSSR count). The molecule has 0 bridgehead atoms. The van der Waals surface area contributed by atoms with E-state index in [9.17, 15) is 4.79 Å². The summed E-state index contributed by atoms with van der Waals surface area (Å²) >= 11 is 5.84. The van der Waals surface area contributed by atoms with E-state index in [0.29, 0.717) is 34.8 Å². The maximum atomic E-state index is 12.0. The lowest BCUT2D eigenvalue weighted by atomic mass is 10.1. The van der Waals surface area contributed by atoms with Crippen LogP contribution in [0.1, 0.15) is 34.1 Å². The largest absolute Gasteiger partial charge is 0.397 e. The van der Waals surface area contributed by atoms with E-state index in [4.69, 9.17) is 17.3 Å².